The second-order valence-electron chi connectivity index (χ2n) is 5.33. The van der Waals surface area contributed by atoms with Gasteiger partial charge in [-0.1, -0.05) is 0 Å². The first-order chi connectivity index (χ1) is 5.39. The van der Waals surface area contributed by atoms with Crippen molar-refractivity contribution in [1.82, 2.24) is 0 Å². The van der Waals surface area contributed by atoms with E-state index in [0.29, 0.717) is 17.6 Å². The fourth-order valence-corrected chi connectivity index (χ4v) is 5.83. The molecule has 0 N–H and O–H groups in total. The molecule has 0 unspecified atom stereocenters. The molecule has 6 aliphatic rings. The zero-order valence-corrected chi connectivity index (χ0v) is 6.23. The van der Waals surface area contributed by atoms with Crippen molar-refractivity contribution < 1.29 is 4.79 Å². The van der Waals surface area contributed by atoms with Crippen LogP contribution in [-0.2, 0) is 4.79 Å². The number of carbonyl (C=O) groups excluding carboxylic acids is 1. The largest absolute Gasteiger partial charge is 0.299 e. The first-order valence-corrected chi connectivity index (χ1v) is 4.93. The highest BCUT2D eigenvalue weighted by atomic mass is 16.1. The van der Waals surface area contributed by atoms with E-state index in [4.69, 9.17) is 0 Å². The molecule has 0 aromatic rings. The van der Waals surface area contributed by atoms with Crippen LogP contribution in [0.4, 0.5) is 0 Å². The Morgan fingerprint density at radius 3 is 2.36 bits per heavy atom. The first kappa shape index (κ1) is 4.64. The molecule has 0 spiro atoms. The summed E-state index contributed by atoms with van der Waals surface area (Å²) in [7, 11) is 0. The predicted octanol–water partition coefficient (Wildman–Crippen LogP) is 0.943. The number of Topliss-reactive ketones (excluding diaryl/α,β-unsaturated/α-hetero) is 1. The lowest BCUT2D eigenvalue weighted by atomic mass is 9.41. The van der Waals surface area contributed by atoms with E-state index in [1.165, 1.54) is 6.42 Å². The Morgan fingerprint density at radius 1 is 0.909 bits per heavy atom. The average Bonchev–Trinajstić information content (AvgIpc) is 2.40. The minimum Gasteiger partial charge on any atom is -0.299 e. The highest BCUT2D eigenvalue weighted by molar-refractivity contribution is 5.93. The van der Waals surface area contributed by atoms with E-state index < -0.39 is 0 Å². The lowest BCUT2D eigenvalue weighted by molar-refractivity contribution is -0.170. The van der Waals surface area contributed by atoms with Crippen LogP contribution in [0.3, 0.4) is 0 Å². The summed E-state index contributed by atoms with van der Waals surface area (Å²) in [5.74, 6) is 7.70. The van der Waals surface area contributed by atoms with E-state index in [-0.39, 0.29) is 0 Å². The molecule has 0 aromatic heterocycles. The van der Waals surface area contributed by atoms with Crippen molar-refractivity contribution in [3.63, 3.8) is 0 Å². The van der Waals surface area contributed by atoms with Crippen LogP contribution in [0.25, 0.3) is 0 Å². The normalized spacial score (nSPS) is 84.2. The van der Waals surface area contributed by atoms with E-state index in [2.05, 4.69) is 0 Å². The molecule has 1 heteroatoms. The van der Waals surface area contributed by atoms with Crippen molar-refractivity contribution in [1.29, 1.82) is 0 Å². The molecule has 6 fully saturated rings. The third kappa shape index (κ3) is 0.213. The van der Waals surface area contributed by atoms with Crippen LogP contribution in [0.1, 0.15) is 6.42 Å². The maximum Gasteiger partial charge on any atom is 0.140 e. The molecular weight excluding hydrogens is 136 g/mol. The van der Waals surface area contributed by atoms with Gasteiger partial charge in [-0.05, 0) is 41.9 Å². The lowest BCUT2D eigenvalue weighted by Gasteiger charge is -2.62. The van der Waals surface area contributed by atoms with Crippen LogP contribution in [0.15, 0.2) is 0 Å². The second-order valence-corrected chi connectivity index (χ2v) is 5.33. The van der Waals surface area contributed by atoms with Crippen LogP contribution in [0.2, 0.25) is 0 Å². The number of carbonyl (C=O) groups is 1. The smallest absolute Gasteiger partial charge is 0.140 e. The molecule has 1 nitrogen and oxygen atoms in total. The van der Waals surface area contributed by atoms with Gasteiger partial charge in [-0.15, -0.1) is 0 Å². The Balaban J connectivity index is 1.94. The van der Waals surface area contributed by atoms with Crippen molar-refractivity contribution in [2.24, 2.45) is 47.3 Å². The third-order valence-corrected chi connectivity index (χ3v) is 5.72. The number of ketones is 1. The van der Waals surface area contributed by atoms with Gasteiger partial charge in [0.25, 0.3) is 0 Å². The van der Waals surface area contributed by atoms with Crippen molar-refractivity contribution in [2.75, 3.05) is 0 Å². The Hall–Kier alpha value is -0.330. The summed E-state index contributed by atoms with van der Waals surface area (Å²) in [6.45, 7) is 0. The van der Waals surface area contributed by atoms with Gasteiger partial charge in [-0.2, -0.15) is 0 Å². The standard InChI is InChI=1S/C10H10O/c11-10-7-3-1-2-4-5(3)9(10)8(4)6(2)7/h2-9H,1H2/t2-,3+,4-,5+,6+,7+,8-,9-/m1/s1. The van der Waals surface area contributed by atoms with Crippen LogP contribution < -0.4 is 0 Å². The summed E-state index contributed by atoms with van der Waals surface area (Å²) in [5, 5.41) is 0. The first-order valence-electron chi connectivity index (χ1n) is 4.93. The van der Waals surface area contributed by atoms with E-state index >= 15 is 0 Å². The van der Waals surface area contributed by atoms with Crippen molar-refractivity contribution in [3.05, 3.63) is 0 Å². The molecule has 6 aliphatic carbocycles. The second kappa shape index (κ2) is 0.949. The SMILES string of the molecule is O=C1[C@H]2[C@@H]3[C@@H]4[C@H]5C[C@H]([C@H]1[C@H]53)[C@H]24. The molecule has 8 atom stereocenters. The molecular formula is C10H10O. The molecule has 11 heavy (non-hydrogen) atoms. The van der Waals surface area contributed by atoms with Crippen LogP contribution in [0.5, 0.6) is 0 Å². The molecule has 0 aromatic carbocycles. The summed E-state index contributed by atoms with van der Waals surface area (Å²) < 4.78 is 0. The van der Waals surface area contributed by atoms with Crippen LogP contribution in [0, 0.1) is 47.3 Å². The van der Waals surface area contributed by atoms with Crippen LogP contribution >= 0.6 is 0 Å². The minimum absolute atomic E-state index is 0.602. The Bertz CT molecular complexity index is 304. The molecule has 4 bridgehead atoms. The number of hydrogen-bond donors (Lipinski definition) is 0. The predicted molar refractivity (Wildman–Crippen MR) is 37.5 cm³/mol. The average molecular weight is 146 g/mol. The van der Waals surface area contributed by atoms with Gasteiger partial charge < -0.3 is 0 Å². The fourth-order valence-electron chi connectivity index (χ4n) is 5.83. The van der Waals surface area contributed by atoms with Gasteiger partial charge >= 0.3 is 0 Å². The summed E-state index contributed by atoms with van der Waals surface area (Å²) in [4.78, 5) is 11.7. The minimum atomic E-state index is 0.602. The van der Waals surface area contributed by atoms with Gasteiger partial charge in [-0.25, -0.2) is 0 Å². The maximum absolute atomic E-state index is 11.7. The Kier molecular flexibility index (Phi) is 0.400. The van der Waals surface area contributed by atoms with E-state index in [1.807, 2.05) is 0 Å². The van der Waals surface area contributed by atoms with Gasteiger partial charge in [0.15, 0.2) is 0 Å². The molecule has 0 radical (unpaired) electrons. The topological polar surface area (TPSA) is 17.1 Å². The third-order valence-electron chi connectivity index (χ3n) is 5.72. The monoisotopic (exact) mass is 146 g/mol. The highest BCUT2D eigenvalue weighted by Gasteiger charge is 2.87. The summed E-state index contributed by atoms with van der Waals surface area (Å²) >= 11 is 0. The molecule has 6 saturated carbocycles. The molecule has 0 amide bonds. The molecule has 56 valence electrons. The number of hydrogen-bond acceptors (Lipinski definition) is 1. The van der Waals surface area contributed by atoms with Crippen molar-refractivity contribution in [2.45, 2.75) is 6.42 Å². The Morgan fingerprint density at radius 2 is 1.73 bits per heavy atom. The number of rotatable bonds is 0. The Labute approximate surface area is 65.2 Å². The zero-order chi connectivity index (χ0) is 6.90. The van der Waals surface area contributed by atoms with Gasteiger partial charge in [0.05, 0.1) is 0 Å². The molecule has 0 heterocycles. The van der Waals surface area contributed by atoms with Gasteiger partial charge in [0, 0.05) is 11.8 Å². The van der Waals surface area contributed by atoms with Gasteiger partial charge in [0.2, 0.25) is 0 Å². The molecule has 0 aliphatic heterocycles. The zero-order valence-electron chi connectivity index (χ0n) is 6.23. The van der Waals surface area contributed by atoms with Crippen LogP contribution in [-0.4, -0.2) is 5.78 Å². The summed E-state index contributed by atoms with van der Waals surface area (Å²) in [6, 6.07) is 0. The van der Waals surface area contributed by atoms with Crippen molar-refractivity contribution >= 4 is 5.78 Å². The van der Waals surface area contributed by atoms with E-state index in [0.717, 1.165) is 35.5 Å². The quantitative estimate of drug-likeness (QED) is 0.497. The van der Waals surface area contributed by atoms with Crippen molar-refractivity contribution in [3.8, 4) is 0 Å². The summed E-state index contributed by atoms with van der Waals surface area (Å²) in [5.41, 5.74) is 0. The molecule has 0 saturated heterocycles. The summed E-state index contributed by atoms with van der Waals surface area (Å²) in [6.07, 6.45) is 1.45. The lowest BCUT2D eigenvalue weighted by Crippen LogP contribution is -2.60. The van der Waals surface area contributed by atoms with Gasteiger partial charge in [-0.3, -0.25) is 4.79 Å². The molecule has 6 rings (SSSR count). The highest BCUT2D eigenvalue weighted by Crippen LogP contribution is 2.87. The van der Waals surface area contributed by atoms with E-state index in [9.17, 15) is 4.79 Å². The van der Waals surface area contributed by atoms with E-state index in [1.54, 1.807) is 0 Å². The van der Waals surface area contributed by atoms with Gasteiger partial charge in [0.1, 0.15) is 5.78 Å². The maximum atomic E-state index is 11.7. The fraction of sp³-hybridized carbons (Fsp3) is 0.900.